The summed E-state index contributed by atoms with van der Waals surface area (Å²) in [5.74, 6) is 0.346. The Morgan fingerprint density at radius 2 is 1.69 bits per heavy atom. The van der Waals surface area contributed by atoms with E-state index in [9.17, 15) is 9.59 Å². The maximum Gasteiger partial charge on any atom is 0.242 e. The van der Waals surface area contributed by atoms with Gasteiger partial charge < -0.3 is 14.5 Å². The molecule has 0 spiro atoms. The van der Waals surface area contributed by atoms with Gasteiger partial charge in [0.15, 0.2) is 0 Å². The number of hydrogen-bond acceptors (Lipinski definition) is 4. The Kier molecular flexibility index (Phi) is 6.42. The fourth-order valence-electron chi connectivity index (χ4n) is 3.73. The number of ether oxygens (including phenoxy) is 1. The summed E-state index contributed by atoms with van der Waals surface area (Å²) >= 11 is 0. The number of piperazine rings is 1. The molecule has 1 aliphatic rings. The van der Waals surface area contributed by atoms with Crippen molar-refractivity contribution >= 4 is 23.2 Å². The Hall–Kier alpha value is -3.02. The normalized spacial score (nSPS) is 13.9. The lowest BCUT2D eigenvalue weighted by molar-refractivity contribution is -0.131. The molecule has 0 N–H and O–H groups in total. The number of carbonyl (C=O) groups excluding carboxylic acids is 2. The lowest BCUT2D eigenvalue weighted by atomic mass is 10.1. The van der Waals surface area contributed by atoms with Crippen LogP contribution in [0.4, 0.5) is 11.4 Å². The van der Waals surface area contributed by atoms with E-state index in [4.69, 9.17) is 4.74 Å². The first-order valence-electron chi connectivity index (χ1n) is 9.92. The van der Waals surface area contributed by atoms with Crippen molar-refractivity contribution in [2.75, 3.05) is 49.6 Å². The van der Waals surface area contributed by atoms with Crippen molar-refractivity contribution in [1.82, 2.24) is 4.90 Å². The second-order valence-electron chi connectivity index (χ2n) is 7.36. The molecule has 1 fully saturated rings. The molecule has 0 saturated carbocycles. The molecule has 6 heteroatoms. The molecule has 2 amide bonds. The van der Waals surface area contributed by atoms with Gasteiger partial charge in [-0.1, -0.05) is 24.3 Å². The minimum Gasteiger partial charge on any atom is -0.495 e. The number of carbonyl (C=O) groups is 2. The third-order valence-corrected chi connectivity index (χ3v) is 5.60. The lowest BCUT2D eigenvalue weighted by Gasteiger charge is -2.37. The smallest absolute Gasteiger partial charge is 0.242 e. The molecule has 0 atom stereocenters. The predicted molar refractivity (Wildman–Crippen MR) is 116 cm³/mol. The van der Waals surface area contributed by atoms with E-state index in [1.807, 2.05) is 17.0 Å². The van der Waals surface area contributed by atoms with Gasteiger partial charge >= 0.3 is 0 Å². The number of rotatable bonds is 5. The van der Waals surface area contributed by atoms with Crippen LogP contribution in [-0.2, 0) is 9.59 Å². The van der Waals surface area contributed by atoms with Crippen LogP contribution in [0.15, 0.2) is 42.5 Å². The van der Waals surface area contributed by atoms with Crippen LogP contribution >= 0.6 is 0 Å². The number of methoxy groups -OCH3 is 1. The van der Waals surface area contributed by atoms with E-state index in [0.717, 1.165) is 13.1 Å². The van der Waals surface area contributed by atoms with E-state index in [0.29, 0.717) is 24.5 Å². The molecule has 0 bridgehead atoms. The Morgan fingerprint density at radius 3 is 2.34 bits per heavy atom. The zero-order valence-corrected chi connectivity index (χ0v) is 17.6. The van der Waals surface area contributed by atoms with Gasteiger partial charge in [-0.05, 0) is 43.2 Å². The molecule has 0 unspecified atom stereocenters. The molecule has 2 aromatic carbocycles. The van der Waals surface area contributed by atoms with E-state index in [1.165, 1.54) is 28.6 Å². The second-order valence-corrected chi connectivity index (χ2v) is 7.36. The Bertz CT molecular complexity index is 889. The number of hydrogen-bond donors (Lipinski definition) is 0. The number of benzene rings is 2. The van der Waals surface area contributed by atoms with Gasteiger partial charge in [-0.15, -0.1) is 0 Å². The first kappa shape index (κ1) is 20.7. The van der Waals surface area contributed by atoms with Gasteiger partial charge in [-0.25, -0.2) is 0 Å². The summed E-state index contributed by atoms with van der Waals surface area (Å²) < 4.78 is 5.36. The van der Waals surface area contributed by atoms with Crippen LogP contribution in [0.2, 0.25) is 0 Å². The Balaban J connectivity index is 1.67. The van der Waals surface area contributed by atoms with Gasteiger partial charge in [0.05, 0.1) is 12.8 Å². The first-order chi connectivity index (χ1) is 13.9. The zero-order chi connectivity index (χ0) is 21.0. The second kappa shape index (κ2) is 8.99. The van der Waals surface area contributed by atoms with Crippen LogP contribution in [0.5, 0.6) is 5.75 Å². The molecule has 154 valence electrons. The molecule has 0 aromatic heterocycles. The minimum absolute atomic E-state index is 0.0131. The van der Waals surface area contributed by atoms with Crippen molar-refractivity contribution in [3.63, 3.8) is 0 Å². The molecule has 1 saturated heterocycles. The average Bonchev–Trinajstić information content (AvgIpc) is 2.73. The number of amides is 2. The molecule has 3 rings (SSSR count). The van der Waals surface area contributed by atoms with Crippen molar-refractivity contribution in [2.24, 2.45) is 0 Å². The van der Waals surface area contributed by atoms with Crippen molar-refractivity contribution in [3.8, 4) is 5.75 Å². The number of para-hydroxylation sites is 2. The summed E-state index contributed by atoms with van der Waals surface area (Å²) in [5, 5.41) is 0. The van der Waals surface area contributed by atoms with Crippen molar-refractivity contribution in [1.29, 1.82) is 0 Å². The summed E-state index contributed by atoms with van der Waals surface area (Å²) in [5.41, 5.74) is 4.41. The van der Waals surface area contributed by atoms with Gasteiger partial charge in [0.1, 0.15) is 12.3 Å². The van der Waals surface area contributed by atoms with E-state index >= 15 is 0 Å². The predicted octanol–water partition coefficient (Wildman–Crippen LogP) is 3.01. The standard InChI is InChI=1S/C23H29N3O3/c1-17-8-7-10-20(18(17)2)24-12-14-25(15-13-24)23(28)16-26(19(3)27)21-9-5-6-11-22(21)29-4/h5-11H,12-16H2,1-4H3. The van der Waals surface area contributed by atoms with E-state index < -0.39 is 0 Å². The third-order valence-electron chi connectivity index (χ3n) is 5.60. The van der Waals surface area contributed by atoms with Gasteiger partial charge in [-0.3, -0.25) is 14.5 Å². The fraction of sp³-hybridized carbons (Fsp3) is 0.391. The molecule has 1 heterocycles. The van der Waals surface area contributed by atoms with Crippen LogP contribution < -0.4 is 14.5 Å². The van der Waals surface area contributed by atoms with E-state index in [2.05, 4.69) is 36.9 Å². The summed E-state index contributed by atoms with van der Waals surface area (Å²) in [6.07, 6.45) is 0. The number of anilines is 2. The monoisotopic (exact) mass is 395 g/mol. The van der Waals surface area contributed by atoms with Crippen molar-refractivity contribution < 1.29 is 14.3 Å². The molecule has 0 aliphatic carbocycles. The lowest BCUT2D eigenvalue weighted by Crippen LogP contribution is -2.52. The van der Waals surface area contributed by atoms with Gasteiger partial charge in [0.2, 0.25) is 11.8 Å². The molecule has 2 aromatic rings. The van der Waals surface area contributed by atoms with Gasteiger partial charge in [-0.2, -0.15) is 0 Å². The van der Waals surface area contributed by atoms with Crippen LogP contribution in [0.3, 0.4) is 0 Å². The SMILES string of the molecule is COc1ccccc1N(CC(=O)N1CCN(c2cccc(C)c2C)CC1)C(C)=O. The van der Waals surface area contributed by atoms with Crippen molar-refractivity contribution in [3.05, 3.63) is 53.6 Å². The van der Waals surface area contributed by atoms with Gasteiger partial charge in [0, 0.05) is 38.8 Å². The van der Waals surface area contributed by atoms with Crippen LogP contribution in [0.1, 0.15) is 18.1 Å². The highest BCUT2D eigenvalue weighted by Gasteiger charge is 2.26. The summed E-state index contributed by atoms with van der Waals surface area (Å²) in [4.78, 5) is 30.8. The number of nitrogens with zero attached hydrogens (tertiary/aromatic N) is 3. The molecular weight excluding hydrogens is 366 g/mol. The number of aryl methyl sites for hydroxylation is 1. The highest BCUT2D eigenvalue weighted by molar-refractivity contribution is 5.98. The van der Waals surface area contributed by atoms with Crippen molar-refractivity contribution in [2.45, 2.75) is 20.8 Å². The summed E-state index contributed by atoms with van der Waals surface area (Å²) in [6.45, 7) is 8.59. The largest absolute Gasteiger partial charge is 0.495 e. The van der Waals surface area contributed by atoms with Crippen LogP contribution in [0, 0.1) is 13.8 Å². The van der Waals surface area contributed by atoms with E-state index in [1.54, 1.807) is 19.2 Å². The van der Waals surface area contributed by atoms with Crippen LogP contribution in [-0.4, -0.2) is 56.5 Å². The molecule has 6 nitrogen and oxygen atoms in total. The highest BCUT2D eigenvalue weighted by atomic mass is 16.5. The van der Waals surface area contributed by atoms with Crippen LogP contribution in [0.25, 0.3) is 0 Å². The third kappa shape index (κ3) is 4.53. The van der Waals surface area contributed by atoms with E-state index in [-0.39, 0.29) is 18.4 Å². The Labute approximate surface area is 172 Å². The topological polar surface area (TPSA) is 53.1 Å². The molecular formula is C23H29N3O3. The molecule has 29 heavy (non-hydrogen) atoms. The maximum absolute atomic E-state index is 12.9. The molecule has 0 radical (unpaired) electrons. The zero-order valence-electron chi connectivity index (χ0n) is 17.6. The van der Waals surface area contributed by atoms with Gasteiger partial charge in [0.25, 0.3) is 0 Å². The fourth-order valence-corrected chi connectivity index (χ4v) is 3.73. The average molecular weight is 396 g/mol. The quantitative estimate of drug-likeness (QED) is 0.781. The maximum atomic E-state index is 12.9. The summed E-state index contributed by atoms with van der Waals surface area (Å²) in [6, 6.07) is 13.6. The molecule has 1 aliphatic heterocycles. The first-order valence-corrected chi connectivity index (χ1v) is 9.92. The highest BCUT2D eigenvalue weighted by Crippen LogP contribution is 2.28. The minimum atomic E-state index is -0.183. The summed E-state index contributed by atoms with van der Waals surface area (Å²) in [7, 11) is 1.56. The Morgan fingerprint density at radius 1 is 1.00 bits per heavy atom.